The molecule has 0 bridgehead atoms. The van der Waals surface area contributed by atoms with Crippen LogP contribution in [0.25, 0.3) is 10.9 Å². The second kappa shape index (κ2) is 9.66. The molecule has 1 aliphatic heterocycles. The van der Waals surface area contributed by atoms with E-state index in [2.05, 4.69) is 27.1 Å². The van der Waals surface area contributed by atoms with Gasteiger partial charge in [-0.1, -0.05) is 11.6 Å². The Morgan fingerprint density at radius 1 is 1.22 bits per heavy atom. The summed E-state index contributed by atoms with van der Waals surface area (Å²) in [6.45, 7) is 6.99. The Labute approximate surface area is 190 Å². The molecule has 1 fully saturated rings. The van der Waals surface area contributed by atoms with E-state index in [1.165, 1.54) is 0 Å². The molecule has 1 atom stereocenters. The molecule has 1 aliphatic rings. The van der Waals surface area contributed by atoms with Crippen molar-refractivity contribution in [1.82, 2.24) is 29.6 Å². The quantitative estimate of drug-likeness (QED) is 0.536. The number of piperazine rings is 1. The Balaban J connectivity index is 1.22. The van der Waals surface area contributed by atoms with E-state index in [-0.39, 0.29) is 24.1 Å². The van der Waals surface area contributed by atoms with Gasteiger partial charge in [0.1, 0.15) is 6.61 Å². The molecule has 11 heteroatoms. The van der Waals surface area contributed by atoms with E-state index in [1.807, 2.05) is 22.6 Å². The van der Waals surface area contributed by atoms with Gasteiger partial charge in [0.25, 0.3) is 5.56 Å². The topological polar surface area (TPSA) is 109 Å². The van der Waals surface area contributed by atoms with Crippen LogP contribution < -0.4 is 10.5 Å². The van der Waals surface area contributed by atoms with E-state index < -0.39 is 0 Å². The number of carbonyl (C=O) groups is 1. The monoisotopic (exact) mass is 459 g/mol. The highest BCUT2D eigenvalue weighted by Crippen LogP contribution is 2.22. The lowest BCUT2D eigenvalue weighted by Gasteiger charge is -2.34. The number of amides is 1. The van der Waals surface area contributed by atoms with Crippen LogP contribution in [0.1, 0.15) is 24.9 Å². The number of ether oxygens (including phenoxy) is 1. The predicted molar refractivity (Wildman–Crippen MR) is 121 cm³/mol. The highest BCUT2D eigenvalue weighted by molar-refractivity contribution is 6.30. The molecule has 32 heavy (non-hydrogen) atoms. The minimum absolute atomic E-state index is 0.0210. The molecular formula is C21H26ClN7O3. The number of aryl methyl sites for hydroxylation is 1. The van der Waals surface area contributed by atoms with E-state index in [9.17, 15) is 9.59 Å². The lowest BCUT2D eigenvalue weighted by atomic mass is 10.2. The number of anilines is 1. The molecule has 4 rings (SSSR count). The molecule has 0 aromatic carbocycles. The van der Waals surface area contributed by atoms with Crippen molar-refractivity contribution in [3.8, 4) is 0 Å². The van der Waals surface area contributed by atoms with Crippen LogP contribution in [0.2, 0.25) is 5.02 Å². The number of halogens is 1. The lowest BCUT2D eigenvalue weighted by Crippen LogP contribution is -2.50. The third-order valence-electron chi connectivity index (χ3n) is 5.74. The summed E-state index contributed by atoms with van der Waals surface area (Å²) in [5.41, 5.74) is 1.53. The van der Waals surface area contributed by atoms with Gasteiger partial charge in [0.05, 0.1) is 34.5 Å². The van der Waals surface area contributed by atoms with E-state index in [0.29, 0.717) is 55.6 Å². The number of carbonyl (C=O) groups excluding carboxylic acids is 1. The molecule has 170 valence electrons. The van der Waals surface area contributed by atoms with Gasteiger partial charge < -0.3 is 19.1 Å². The lowest BCUT2D eigenvalue weighted by molar-refractivity contribution is -0.136. The average Bonchev–Trinajstić information content (AvgIpc) is 3.15. The summed E-state index contributed by atoms with van der Waals surface area (Å²) in [4.78, 5) is 36.8. The summed E-state index contributed by atoms with van der Waals surface area (Å²) in [7, 11) is 0. The second-order valence-corrected chi connectivity index (χ2v) is 8.37. The maximum atomic E-state index is 12.5. The number of rotatable bonds is 7. The van der Waals surface area contributed by atoms with Crippen LogP contribution >= 0.6 is 11.6 Å². The molecule has 4 heterocycles. The van der Waals surface area contributed by atoms with Gasteiger partial charge in [0.15, 0.2) is 0 Å². The Morgan fingerprint density at radius 3 is 2.66 bits per heavy atom. The molecule has 1 amide bonds. The van der Waals surface area contributed by atoms with Gasteiger partial charge in [0, 0.05) is 45.0 Å². The van der Waals surface area contributed by atoms with Gasteiger partial charge in [-0.15, -0.1) is 0 Å². The first-order valence-electron chi connectivity index (χ1n) is 10.6. The summed E-state index contributed by atoms with van der Waals surface area (Å²) in [6.07, 6.45) is 7.48. The molecule has 0 saturated carbocycles. The molecule has 0 aliphatic carbocycles. The zero-order valence-corrected chi connectivity index (χ0v) is 18.9. The number of aromatic nitrogens is 5. The Kier molecular flexibility index (Phi) is 6.71. The van der Waals surface area contributed by atoms with Gasteiger partial charge in [-0.3, -0.25) is 9.59 Å². The van der Waals surface area contributed by atoms with Crippen LogP contribution in [0, 0.1) is 6.92 Å². The highest BCUT2D eigenvalue weighted by Gasteiger charge is 2.22. The Bertz CT molecular complexity index is 1140. The zero-order chi connectivity index (χ0) is 22.7. The smallest absolute Gasteiger partial charge is 0.273 e. The summed E-state index contributed by atoms with van der Waals surface area (Å²) < 4.78 is 7.70. The van der Waals surface area contributed by atoms with Crippen LogP contribution in [0.4, 0.5) is 5.95 Å². The Hall–Kier alpha value is -2.98. The first kappa shape index (κ1) is 22.2. The minimum atomic E-state index is -0.185. The highest BCUT2D eigenvalue weighted by atomic mass is 35.5. The molecule has 0 spiro atoms. The van der Waals surface area contributed by atoms with Crippen LogP contribution in [-0.4, -0.2) is 74.9 Å². The molecule has 10 nitrogen and oxygen atoms in total. The number of H-pyrrole nitrogens is 1. The third kappa shape index (κ3) is 4.76. The number of nitrogens with one attached hydrogen (secondary N) is 1. The number of hydrogen-bond donors (Lipinski definition) is 1. The SMILES string of the molecule is Cc1cn(C(C)CCOCC(=O)N2CCN(c3ncc(Cl)cn3)CC2)c2cn[nH]c(=O)c12. The first-order chi connectivity index (χ1) is 15.4. The number of hydrogen-bond acceptors (Lipinski definition) is 7. The fourth-order valence-corrected chi connectivity index (χ4v) is 4.04. The van der Waals surface area contributed by atoms with E-state index in [1.54, 1.807) is 23.5 Å². The van der Waals surface area contributed by atoms with Crippen molar-refractivity contribution in [3.05, 3.63) is 45.7 Å². The maximum absolute atomic E-state index is 12.5. The van der Waals surface area contributed by atoms with Crippen molar-refractivity contribution in [1.29, 1.82) is 0 Å². The van der Waals surface area contributed by atoms with Crippen molar-refractivity contribution in [2.24, 2.45) is 0 Å². The third-order valence-corrected chi connectivity index (χ3v) is 5.94. The fraction of sp³-hybridized carbons (Fsp3) is 0.476. The average molecular weight is 460 g/mol. The van der Waals surface area contributed by atoms with Crippen molar-refractivity contribution in [3.63, 3.8) is 0 Å². The zero-order valence-electron chi connectivity index (χ0n) is 18.1. The second-order valence-electron chi connectivity index (χ2n) is 7.94. The minimum Gasteiger partial charge on any atom is -0.372 e. The molecule has 3 aromatic rings. The fourth-order valence-electron chi connectivity index (χ4n) is 3.94. The van der Waals surface area contributed by atoms with Gasteiger partial charge in [0.2, 0.25) is 11.9 Å². The summed E-state index contributed by atoms with van der Waals surface area (Å²) in [5.74, 6) is 0.601. The van der Waals surface area contributed by atoms with Crippen LogP contribution in [0.5, 0.6) is 0 Å². The standard InChI is InChI=1S/C21H26ClN7O3/c1-14-12-29(17-11-25-26-20(31)19(14)17)15(2)3-8-32-13-18(30)27-4-6-28(7-5-27)21-23-9-16(22)10-24-21/h9-12,15H,3-8,13H2,1-2H3,(H,26,31). The van der Waals surface area contributed by atoms with Crippen LogP contribution in [-0.2, 0) is 9.53 Å². The van der Waals surface area contributed by atoms with Crippen LogP contribution in [0.15, 0.2) is 29.6 Å². The van der Waals surface area contributed by atoms with Crippen molar-refractivity contribution < 1.29 is 9.53 Å². The molecule has 1 saturated heterocycles. The van der Waals surface area contributed by atoms with Gasteiger partial charge in [-0.2, -0.15) is 5.10 Å². The number of fused-ring (bicyclic) bond motifs is 1. The number of nitrogens with zero attached hydrogens (tertiary/aromatic N) is 6. The first-order valence-corrected chi connectivity index (χ1v) is 10.9. The number of aromatic amines is 1. The van der Waals surface area contributed by atoms with Gasteiger partial charge in [-0.25, -0.2) is 15.1 Å². The maximum Gasteiger partial charge on any atom is 0.273 e. The molecule has 1 N–H and O–H groups in total. The normalized spacial score (nSPS) is 15.3. The molecule has 0 radical (unpaired) electrons. The van der Waals surface area contributed by atoms with Crippen molar-refractivity contribution in [2.45, 2.75) is 26.3 Å². The van der Waals surface area contributed by atoms with E-state index in [0.717, 1.165) is 11.1 Å². The van der Waals surface area contributed by atoms with Gasteiger partial charge >= 0.3 is 0 Å². The van der Waals surface area contributed by atoms with Gasteiger partial charge in [-0.05, 0) is 25.8 Å². The van der Waals surface area contributed by atoms with Crippen LogP contribution in [0.3, 0.4) is 0 Å². The summed E-state index contributed by atoms with van der Waals surface area (Å²) >= 11 is 5.83. The Morgan fingerprint density at radius 2 is 1.94 bits per heavy atom. The molecule has 1 unspecified atom stereocenters. The van der Waals surface area contributed by atoms with Crippen molar-refractivity contribution >= 4 is 34.4 Å². The largest absolute Gasteiger partial charge is 0.372 e. The summed E-state index contributed by atoms with van der Waals surface area (Å²) in [6, 6.07) is 0.104. The van der Waals surface area contributed by atoms with E-state index >= 15 is 0 Å². The van der Waals surface area contributed by atoms with E-state index in [4.69, 9.17) is 16.3 Å². The predicted octanol–water partition coefficient (Wildman–Crippen LogP) is 1.79. The van der Waals surface area contributed by atoms with Crippen molar-refractivity contribution in [2.75, 3.05) is 44.3 Å². The molecular weight excluding hydrogens is 434 g/mol. The summed E-state index contributed by atoms with van der Waals surface area (Å²) in [5, 5.41) is 7.55. The molecule has 3 aromatic heterocycles.